The summed E-state index contributed by atoms with van der Waals surface area (Å²) in [7, 11) is 0. The van der Waals surface area contributed by atoms with Gasteiger partial charge in [0, 0.05) is 24.9 Å². The molecule has 2 atom stereocenters. The van der Waals surface area contributed by atoms with Gasteiger partial charge in [-0.2, -0.15) is 0 Å². The molecular weight excluding hydrogens is 232 g/mol. The first-order valence-electron chi connectivity index (χ1n) is 6.27. The average molecular weight is 250 g/mol. The smallest absolute Gasteiger partial charge is 0.339 e. The standard InChI is InChI=1S/C13H18N2O3/c16-12-4-2-1-3-9(12)7-15-11-5-6-14-8-10(11)13(17)18/h5-6,8-9,12,16H,1-4,7H2,(H,14,15)(H,17,18). The summed E-state index contributed by atoms with van der Waals surface area (Å²) in [5.41, 5.74) is 0.734. The van der Waals surface area contributed by atoms with E-state index in [2.05, 4.69) is 10.3 Å². The first kappa shape index (κ1) is 12.8. The summed E-state index contributed by atoms with van der Waals surface area (Å²) < 4.78 is 0. The molecule has 5 nitrogen and oxygen atoms in total. The zero-order valence-corrected chi connectivity index (χ0v) is 10.2. The highest BCUT2D eigenvalue weighted by molar-refractivity contribution is 5.93. The molecule has 2 rings (SSSR count). The maximum absolute atomic E-state index is 11.0. The number of nitrogens with zero attached hydrogens (tertiary/aromatic N) is 1. The molecule has 0 spiro atoms. The molecule has 0 aliphatic heterocycles. The third kappa shape index (κ3) is 2.98. The van der Waals surface area contributed by atoms with Crippen molar-refractivity contribution in [1.29, 1.82) is 0 Å². The van der Waals surface area contributed by atoms with Gasteiger partial charge in [0.1, 0.15) is 5.56 Å². The lowest BCUT2D eigenvalue weighted by molar-refractivity contribution is 0.0697. The van der Waals surface area contributed by atoms with Gasteiger partial charge in [0.15, 0.2) is 0 Å². The molecule has 1 heterocycles. The Labute approximate surface area is 106 Å². The van der Waals surface area contributed by atoms with E-state index >= 15 is 0 Å². The topological polar surface area (TPSA) is 82.5 Å². The highest BCUT2D eigenvalue weighted by Gasteiger charge is 2.23. The Morgan fingerprint density at radius 1 is 1.44 bits per heavy atom. The van der Waals surface area contributed by atoms with Crippen LogP contribution in [0.3, 0.4) is 0 Å². The van der Waals surface area contributed by atoms with Crippen LogP contribution in [0.1, 0.15) is 36.0 Å². The molecule has 1 fully saturated rings. The molecule has 1 aliphatic carbocycles. The summed E-state index contributed by atoms with van der Waals surface area (Å²) in [6.45, 7) is 0.603. The molecule has 0 bridgehead atoms. The highest BCUT2D eigenvalue weighted by Crippen LogP contribution is 2.25. The number of carboxylic acids is 1. The number of carboxylic acid groups (broad SMARTS) is 1. The van der Waals surface area contributed by atoms with Crippen LogP contribution in [0.5, 0.6) is 0 Å². The fraction of sp³-hybridized carbons (Fsp3) is 0.538. The molecule has 98 valence electrons. The van der Waals surface area contributed by atoms with Gasteiger partial charge in [-0.1, -0.05) is 12.8 Å². The molecule has 3 N–H and O–H groups in total. The van der Waals surface area contributed by atoms with E-state index in [1.54, 1.807) is 12.3 Å². The van der Waals surface area contributed by atoms with Crippen molar-refractivity contribution in [2.24, 2.45) is 5.92 Å². The zero-order valence-electron chi connectivity index (χ0n) is 10.2. The van der Waals surface area contributed by atoms with Crippen molar-refractivity contribution in [2.75, 3.05) is 11.9 Å². The summed E-state index contributed by atoms with van der Waals surface area (Å²) in [5.74, 6) is -0.789. The summed E-state index contributed by atoms with van der Waals surface area (Å²) in [6, 6.07) is 1.65. The van der Waals surface area contributed by atoms with E-state index in [0.717, 1.165) is 25.7 Å². The third-order valence-electron chi connectivity index (χ3n) is 3.48. The summed E-state index contributed by atoms with van der Waals surface area (Å²) in [4.78, 5) is 14.8. The van der Waals surface area contributed by atoms with E-state index in [1.807, 2.05) is 0 Å². The van der Waals surface area contributed by atoms with Gasteiger partial charge in [0.25, 0.3) is 0 Å². The first-order valence-corrected chi connectivity index (χ1v) is 6.27. The molecule has 0 amide bonds. The summed E-state index contributed by atoms with van der Waals surface area (Å²) in [5, 5.41) is 22.0. The predicted octanol–water partition coefficient (Wildman–Crippen LogP) is 1.74. The van der Waals surface area contributed by atoms with Crippen LogP contribution in [-0.2, 0) is 0 Å². The fourth-order valence-electron chi connectivity index (χ4n) is 2.39. The molecule has 1 aromatic heterocycles. The van der Waals surface area contributed by atoms with E-state index in [-0.39, 0.29) is 17.6 Å². The Bertz CT molecular complexity index is 422. The van der Waals surface area contributed by atoms with Crippen LogP contribution in [-0.4, -0.2) is 33.8 Å². The lowest BCUT2D eigenvalue weighted by Gasteiger charge is -2.28. The lowest BCUT2D eigenvalue weighted by Crippen LogP contribution is -2.30. The first-order chi connectivity index (χ1) is 8.68. The average Bonchev–Trinajstić information content (AvgIpc) is 2.38. The number of aliphatic hydroxyl groups excluding tert-OH is 1. The third-order valence-corrected chi connectivity index (χ3v) is 3.48. The second-order valence-electron chi connectivity index (χ2n) is 4.72. The number of anilines is 1. The predicted molar refractivity (Wildman–Crippen MR) is 67.7 cm³/mol. The minimum atomic E-state index is -0.991. The van der Waals surface area contributed by atoms with E-state index in [4.69, 9.17) is 5.11 Å². The van der Waals surface area contributed by atoms with Crippen LogP contribution in [0.4, 0.5) is 5.69 Å². The molecule has 0 aromatic carbocycles. The normalized spacial score (nSPS) is 23.6. The van der Waals surface area contributed by atoms with Crippen LogP contribution >= 0.6 is 0 Å². The minimum absolute atomic E-state index is 0.169. The Balaban J connectivity index is 1.99. The van der Waals surface area contributed by atoms with Gasteiger partial charge in [-0.3, -0.25) is 4.98 Å². The Hall–Kier alpha value is -1.62. The second kappa shape index (κ2) is 5.82. The zero-order chi connectivity index (χ0) is 13.0. The van der Waals surface area contributed by atoms with Gasteiger partial charge in [0.05, 0.1) is 11.8 Å². The Kier molecular flexibility index (Phi) is 4.15. The van der Waals surface area contributed by atoms with Crippen molar-refractivity contribution < 1.29 is 15.0 Å². The lowest BCUT2D eigenvalue weighted by atomic mass is 9.86. The Morgan fingerprint density at radius 2 is 2.22 bits per heavy atom. The quantitative estimate of drug-likeness (QED) is 0.758. The van der Waals surface area contributed by atoms with Crippen LogP contribution in [0, 0.1) is 5.92 Å². The van der Waals surface area contributed by atoms with Gasteiger partial charge in [-0.15, -0.1) is 0 Å². The van der Waals surface area contributed by atoms with Gasteiger partial charge in [-0.05, 0) is 18.9 Å². The van der Waals surface area contributed by atoms with Crippen molar-refractivity contribution in [2.45, 2.75) is 31.8 Å². The number of pyridine rings is 1. The molecular formula is C13H18N2O3. The molecule has 5 heteroatoms. The molecule has 18 heavy (non-hydrogen) atoms. The minimum Gasteiger partial charge on any atom is -0.478 e. The maximum atomic E-state index is 11.0. The van der Waals surface area contributed by atoms with E-state index in [0.29, 0.717) is 12.2 Å². The number of aromatic nitrogens is 1. The highest BCUT2D eigenvalue weighted by atomic mass is 16.4. The number of carbonyl (C=O) groups is 1. The van der Waals surface area contributed by atoms with Crippen molar-refractivity contribution in [3.63, 3.8) is 0 Å². The number of rotatable bonds is 4. The number of aromatic carboxylic acids is 1. The van der Waals surface area contributed by atoms with Gasteiger partial charge in [-0.25, -0.2) is 4.79 Å². The van der Waals surface area contributed by atoms with Crippen molar-refractivity contribution >= 4 is 11.7 Å². The monoisotopic (exact) mass is 250 g/mol. The van der Waals surface area contributed by atoms with Crippen molar-refractivity contribution in [3.8, 4) is 0 Å². The molecule has 1 aliphatic rings. The van der Waals surface area contributed by atoms with E-state index < -0.39 is 5.97 Å². The summed E-state index contributed by atoms with van der Waals surface area (Å²) >= 11 is 0. The Morgan fingerprint density at radius 3 is 2.94 bits per heavy atom. The van der Waals surface area contributed by atoms with Crippen LogP contribution in [0.25, 0.3) is 0 Å². The van der Waals surface area contributed by atoms with Crippen molar-refractivity contribution in [1.82, 2.24) is 4.98 Å². The molecule has 0 radical (unpaired) electrons. The summed E-state index contributed by atoms with van der Waals surface area (Å²) in [6.07, 6.45) is 6.66. The number of nitrogens with one attached hydrogen (secondary N) is 1. The van der Waals surface area contributed by atoms with Gasteiger partial charge >= 0.3 is 5.97 Å². The number of aliphatic hydroxyl groups is 1. The van der Waals surface area contributed by atoms with Gasteiger partial charge in [0.2, 0.25) is 0 Å². The van der Waals surface area contributed by atoms with E-state index in [9.17, 15) is 9.90 Å². The van der Waals surface area contributed by atoms with Crippen molar-refractivity contribution in [3.05, 3.63) is 24.0 Å². The van der Waals surface area contributed by atoms with E-state index in [1.165, 1.54) is 6.20 Å². The van der Waals surface area contributed by atoms with Crippen LogP contribution < -0.4 is 5.32 Å². The molecule has 2 unspecified atom stereocenters. The fourth-order valence-corrected chi connectivity index (χ4v) is 2.39. The molecule has 1 aromatic rings. The molecule has 0 saturated heterocycles. The van der Waals surface area contributed by atoms with Gasteiger partial charge < -0.3 is 15.5 Å². The SMILES string of the molecule is O=C(O)c1cnccc1NCC1CCCCC1O. The second-order valence-corrected chi connectivity index (χ2v) is 4.72. The number of hydrogen-bond donors (Lipinski definition) is 3. The van der Waals surface area contributed by atoms with Crippen LogP contribution in [0.2, 0.25) is 0 Å². The molecule has 1 saturated carbocycles. The number of hydrogen-bond acceptors (Lipinski definition) is 4. The maximum Gasteiger partial charge on any atom is 0.339 e. The largest absolute Gasteiger partial charge is 0.478 e. The van der Waals surface area contributed by atoms with Crippen LogP contribution in [0.15, 0.2) is 18.5 Å².